The summed E-state index contributed by atoms with van der Waals surface area (Å²) in [6, 6.07) is 18.3. The van der Waals surface area contributed by atoms with Gasteiger partial charge in [-0.05, 0) is 35.4 Å². The minimum atomic E-state index is -0.134. The van der Waals surface area contributed by atoms with Crippen LogP contribution in [0.1, 0.15) is 30.4 Å². The highest BCUT2D eigenvalue weighted by atomic mass is 32.2. The van der Waals surface area contributed by atoms with Gasteiger partial charge in [-0.1, -0.05) is 54.5 Å². The third-order valence-corrected chi connectivity index (χ3v) is 4.68. The van der Waals surface area contributed by atoms with E-state index in [-0.39, 0.29) is 11.9 Å². The number of anilines is 1. The van der Waals surface area contributed by atoms with Crippen LogP contribution >= 0.6 is 11.8 Å². The van der Waals surface area contributed by atoms with Gasteiger partial charge < -0.3 is 4.42 Å². The van der Waals surface area contributed by atoms with Crippen LogP contribution in [-0.4, -0.2) is 21.9 Å². The fourth-order valence-corrected chi connectivity index (χ4v) is 3.17. The molecule has 0 aliphatic carbocycles. The Morgan fingerprint density at radius 3 is 2.54 bits per heavy atom. The molecule has 1 aromatic heterocycles. The maximum absolute atomic E-state index is 12.0. The predicted molar refractivity (Wildman–Crippen MR) is 103 cm³/mol. The highest BCUT2D eigenvalue weighted by Crippen LogP contribution is 2.19. The number of rotatable bonds is 8. The van der Waals surface area contributed by atoms with Crippen LogP contribution in [0.5, 0.6) is 0 Å². The van der Waals surface area contributed by atoms with Crippen molar-refractivity contribution in [1.82, 2.24) is 10.2 Å². The highest BCUT2D eigenvalue weighted by Gasteiger charge is 2.10. The molecule has 0 aliphatic heterocycles. The van der Waals surface area contributed by atoms with Crippen molar-refractivity contribution in [2.45, 2.75) is 31.1 Å². The van der Waals surface area contributed by atoms with Crippen molar-refractivity contribution in [2.75, 3.05) is 11.1 Å². The average molecular weight is 367 g/mol. The van der Waals surface area contributed by atoms with E-state index in [0.717, 1.165) is 16.9 Å². The molecule has 3 aromatic rings. The van der Waals surface area contributed by atoms with Crippen LogP contribution in [0.3, 0.4) is 0 Å². The van der Waals surface area contributed by atoms with Crippen LogP contribution in [0.15, 0.2) is 63.9 Å². The SMILES string of the molecule is CCSc1ccc(Cc2nnc(NC(=O)CCc3ccccc3)o2)cc1. The summed E-state index contributed by atoms with van der Waals surface area (Å²) in [5.74, 6) is 1.40. The summed E-state index contributed by atoms with van der Waals surface area (Å²) in [5.41, 5.74) is 2.22. The lowest BCUT2D eigenvalue weighted by Crippen LogP contribution is -2.12. The number of hydrogen-bond donors (Lipinski definition) is 1. The first kappa shape index (κ1) is 18.2. The molecule has 5 nitrogen and oxygen atoms in total. The molecule has 3 rings (SSSR count). The molecule has 0 bridgehead atoms. The maximum atomic E-state index is 12.0. The van der Waals surface area contributed by atoms with Gasteiger partial charge in [0, 0.05) is 11.3 Å². The lowest BCUT2D eigenvalue weighted by atomic mass is 10.1. The van der Waals surface area contributed by atoms with E-state index in [1.165, 1.54) is 4.90 Å². The first-order valence-corrected chi connectivity index (χ1v) is 9.59. The molecule has 134 valence electrons. The van der Waals surface area contributed by atoms with Crippen LogP contribution in [0, 0.1) is 0 Å². The van der Waals surface area contributed by atoms with Gasteiger partial charge in [0.1, 0.15) is 0 Å². The fraction of sp³-hybridized carbons (Fsp3) is 0.250. The first-order valence-electron chi connectivity index (χ1n) is 8.61. The van der Waals surface area contributed by atoms with Gasteiger partial charge in [-0.15, -0.1) is 16.9 Å². The minimum Gasteiger partial charge on any atom is -0.407 e. The third-order valence-electron chi connectivity index (χ3n) is 3.79. The summed E-state index contributed by atoms with van der Waals surface area (Å²) in [4.78, 5) is 13.3. The number of nitrogens with zero attached hydrogens (tertiary/aromatic N) is 2. The van der Waals surface area contributed by atoms with E-state index >= 15 is 0 Å². The molecule has 6 heteroatoms. The Bertz CT molecular complexity index is 832. The van der Waals surface area contributed by atoms with Crippen molar-refractivity contribution in [3.63, 3.8) is 0 Å². The summed E-state index contributed by atoms with van der Waals surface area (Å²) in [6.45, 7) is 2.13. The molecule has 1 heterocycles. The van der Waals surface area contributed by atoms with E-state index in [4.69, 9.17) is 4.42 Å². The number of nitrogens with one attached hydrogen (secondary N) is 1. The van der Waals surface area contributed by atoms with E-state index in [0.29, 0.717) is 25.2 Å². The van der Waals surface area contributed by atoms with Gasteiger partial charge in [-0.25, -0.2) is 0 Å². The van der Waals surface area contributed by atoms with E-state index in [1.807, 2.05) is 30.3 Å². The maximum Gasteiger partial charge on any atom is 0.322 e. The van der Waals surface area contributed by atoms with Crippen LogP contribution in [0.25, 0.3) is 0 Å². The molecule has 1 N–H and O–H groups in total. The van der Waals surface area contributed by atoms with E-state index in [9.17, 15) is 4.79 Å². The summed E-state index contributed by atoms with van der Waals surface area (Å²) in [7, 11) is 0. The molecule has 0 unspecified atom stereocenters. The number of carbonyl (C=O) groups excluding carboxylic acids is 1. The van der Waals surface area contributed by atoms with Crippen molar-refractivity contribution in [1.29, 1.82) is 0 Å². The topological polar surface area (TPSA) is 68.0 Å². The van der Waals surface area contributed by atoms with Crippen molar-refractivity contribution in [2.24, 2.45) is 0 Å². The predicted octanol–water partition coefficient (Wildman–Crippen LogP) is 4.34. The minimum absolute atomic E-state index is 0.134. The molecule has 0 atom stereocenters. The molecular formula is C20H21N3O2S. The lowest BCUT2D eigenvalue weighted by molar-refractivity contribution is -0.116. The Balaban J connectivity index is 1.50. The Kier molecular flexibility index (Phi) is 6.44. The van der Waals surface area contributed by atoms with Crippen molar-refractivity contribution in [3.8, 4) is 0 Å². The Hall–Kier alpha value is -2.60. The second-order valence-corrected chi connectivity index (χ2v) is 7.13. The Morgan fingerprint density at radius 2 is 1.81 bits per heavy atom. The van der Waals surface area contributed by atoms with Crippen LogP contribution in [0.2, 0.25) is 0 Å². The zero-order valence-corrected chi connectivity index (χ0v) is 15.5. The quantitative estimate of drug-likeness (QED) is 0.600. The van der Waals surface area contributed by atoms with Crippen molar-refractivity contribution >= 4 is 23.7 Å². The summed E-state index contributed by atoms with van der Waals surface area (Å²) in [5, 5.41) is 10.6. The van der Waals surface area contributed by atoms with Gasteiger partial charge in [0.25, 0.3) is 0 Å². The van der Waals surface area contributed by atoms with Gasteiger partial charge in [0.2, 0.25) is 11.8 Å². The Morgan fingerprint density at radius 1 is 1.04 bits per heavy atom. The van der Waals surface area contributed by atoms with Gasteiger partial charge in [0.05, 0.1) is 6.42 Å². The second-order valence-electron chi connectivity index (χ2n) is 5.79. The first-order chi connectivity index (χ1) is 12.7. The highest BCUT2D eigenvalue weighted by molar-refractivity contribution is 7.99. The lowest BCUT2D eigenvalue weighted by Gasteiger charge is -2.01. The number of amides is 1. The zero-order valence-electron chi connectivity index (χ0n) is 14.6. The molecule has 0 aliphatic rings. The fourth-order valence-electron chi connectivity index (χ4n) is 2.50. The molecule has 2 aromatic carbocycles. The zero-order chi connectivity index (χ0) is 18.2. The number of thioether (sulfide) groups is 1. The number of carbonyl (C=O) groups is 1. The molecule has 0 fully saturated rings. The number of aryl methyl sites for hydroxylation is 1. The number of aromatic nitrogens is 2. The summed E-state index contributed by atoms with van der Waals surface area (Å²) < 4.78 is 5.53. The van der Waals surface area contributed by atoms with E-state index in [1.54, 1.807) is 11.8 Å². The van der Waals surface area contributed by atoms with Crippen molar-refractivity contribution < 1.29 is 9.21 Å². The molecule has 0 radical (unpaired) electrons. The van der Waals surface area contributed by atoms with Crippen LogP contribution < -0.4 is 5.32 Å². The molecular weight excluding hydrogens is 346 g/mol. The molecule has 0 saturated heterocycles. The summed E-state index contributed by atoms with van der Waals surface area (Å²) >= 11 is 1.81. The molecule has 1 amide bonds. The van der Waals surface area contributed by atoms with Gasteiger partial charge in [-0.3, -0.25) is 10.1 Å². The van der Waals surface area contributed by atoms with Crippen LogP contribution in [-0.2, 0) is 17.6 Å². The van der Waals surface area contributed by atoms with Gasteiger partial charge in [0.15, 0.2) is 0 Å². The van der Waals surface area contributed by atoms with Crippen LogP contribution in [0.4, 0.5) is 6.01 Å². The van der Waals surface area contributed by atoms with Gasteiger partial charge in [-0.2, -0.15) is 0 Å². The number of benzene rings is 2. The molecule has 0 spiro atoms. The monoisotopic (exact) mass is 367 g/mol. The third kappa shape index (κ3) is 5.46. The van der Waals surface area contributed by atoms with Gasteiger partial charge >= 0.3 is 6.01 Å². The largest absolute Gasteiger partial charge is 0.407 e. The standard InChI is InChI=1S/C20H21N3O2S/c1-2-26-17-11-8-16(9-12-17)14-19-22-23-20(25-19)21-18(24)13-10-15-6-4-3-5-7-15/h3-9,11-12H,2,10,13-14H2,1H3,(H,21,23,24). The average Bonchev–Trinajstić information content (AvgIpc) is 3.09. The Labute approximate surface area is 157 Å². The van der Waals surface area contributed by atoms with Crippen molar-refractivity contribution in [3.05, 3.63) is 71.6 Å². The smallest absolute Gasteiger partial charge is 0.322 e. The summed E-state index contributed by atoms with van der Waals surface area (Å²) in [6.07, 6.45) is 1.60. The second kappa shape index (κ2) is 9.20. The normalized spacial score (nSPS) is 10.7. The molecule has 0 saturated carbocycles. The number of hydrogen-bond acceptors (Lipinski definition) is 5. The van der Waals surface area contributed by atoms with E-state index in [2.05, 4.69) is 46.7 Å². The van der Waals surface area contributed by atoms with E-state index < -0.39 is 0 Å². The molecule has 26 heavy (non-hydrogen) atoms.